The van der Waals surface area contributed by atoms with Crippen molar-refractivity contribution in [3.8, 4) is 10.4 Å². The second-order valence-electron chi connectivity index (χ2n) is 4.55. The first-order chi connectivity index (χ1) is 8.74. The molecule has 0 aliphatic heterocycles. The number of nitrogens with zero attached hydrogens (tertiary/aromatic N) is 2. The van der Waals surface area contributed by atoms with Gasteiger partial charge in [0.25, 0.3) is 0 Å². The highest BCUT2D eigenvalue weighted by molar-refractivity contribution is 7.13. The number of thiophene rings is 1. The molecule has 4 heteroatoms. The SMILES string of the molecule is CC(N)Cn1ncc2ccc(-c3cccs3)cc21. The molecule has 0 amide bonds. The quantitative estimate of drug-likeness (QED) is 0.783. The van der Waals surface area contributed by atoms with E-state index in [1.807, 2.05) is 17.8 Å². The number of aromatic nitrogens is 2. The summed E-state index contributed by atoms with van der Waals surface area (Å²) in [6.45, 7) is 2.74. The lowest BCUT2D eigenvalue weighted by molar-refractivity contribution is 0.553. The summed E-state index contributed by atoms with van der Waals surface area (Å²) in [5.41, 5.74) is 8.24. The summed E-state index contributed by atoms with van der Waals surface area (Å²) in [6.07, 6.45) is 1.90. The Kier molecular flexibility index (Phi) is 2.89. The Morgan fingerprint density at radius 3 is 3.00 bits per heavy atom. The Balaban J connectivity index is 2.09. The van der Waals surface area contributed by atoms with Crippen LogP contribution in [0, 0.1) is 0 Å². The summed E-state index contributed by atoms with van der Waals surface area (Å²) in [4.78, 5) is 1.28. The second-order valence-corrected chi connectivity index (χ2v) is 5.50. The highest BCUT2D eigenvalue weighted by Crippen LogP contribution is 2.27. The van der Waals surface area contributed by atoms with Gasteiger partial charge in [0.2, 0.25) is 0 Å². The molecule has 0 aliphatic carbocycles. The molecule has 3 rings (SSSR count). The number of fused-ring (bicyclic) bond motifs is 1. The molecule has 3 nitrogen and oxygen atoms in total. The van der Waals surface area contributed by atoms with Crippen molar-refractivity contribution in [1.82, 2.24) is 9.78 Å². The Morgan fingerprint density at radius 1 is 1.39 bits per heavy atom. The van der Waals surface area contributed by atoms with Gasteiger partial charge in [0.1, 0.15) is 0 Å². The molecule has 1 unspecified atom stereocenters. The fraction of sp³-hybridized carbons (Fsp3) is 0.214. The Labute approximate surface area is 110 Å². The highest BCUT2D eigenvalue weighted by Gasteiger charge is 2.07. The van der Waals surface area contributed by atoms with E-state index >= 15 is 0 Å². The van der Waals surface area contributed by atoms with Gasteiger partial charge in [0.05, 0.1) is 18.3 Å². The van der Waals surface area contributed by atoms with Crippen LogP contribution in [0.1, 0.15) is 6.92 Å². The monoisotopic (exact) mass is 257 g/mol. The minimum atomic E-state index is 0.110. The molecule has 1 atom stereocenters. The van der Waals surface area contributed by atoms with E-state index in [4.69, 9.17) is 5.73 Å². The maximum absolute atomic E-state index is 5.85. The van der Waals surface area contributed by atoms with Gasteiger partial charge in [0, 0.05) is 16.3 Å². The Morgan fingerprint density at radius 2 is 2.28 bits per heavy atom. The van der Waals surface area contributed by atoms with Crippen LogP contribution in [0.4, 0.5) is 0 Å². The van der Waals surface area contributed by atoms with Crippen LogP contribution in [0.2, 0.25) is 0 Å². The van der Waals surface area contributed by atoms with Gasteiger partial charge in [-0.2, -0.15) is 5.10 Å². The van der Waals surface area contributed by atoms with Crippen molar-refractivity contribution in [3.63, 3.8) is 0 Å². The third-order valence-corrected chi connectivity index (χ3v) is 3.83. The first-order valence-electron chi connectivity index (χ1n) is 5.99. The van der Waals surface area contributed by atoms with E-state index < -0.39 is 0 Å². The lowest BCUT2D eigenvalue weighted by Gasteiger charge is -2.07. The molecular formula is C14H15N3S. The van der Waals surface area contributed by atoms with Gasteiger partial charge in [-0.15, -0.1) is 11.3 Å². The molecule has 92 valence electrons. The summed E-state index contributed by atoms with van der Waals surface area (Å²) < 4.78 is 1.98. The van der Waals surface area contributed by atoms with Gasteiger partial charge < -0.3 is 5.73 Å². The molecule has 0 aliphatic rings. The second kappa shape index (κ2) is 4.55. The predicted molar refractivity (Wildman–Crippen MR) is 76.7 cm³/mol. The Bertz CT molecular complexity index is 653. The first-order valence-corrected chi connectivity index (χ1v) is 6.87. The van der Waals surface area contributed by atoms with Crippen molar-refractivity contribution in [3.05, 3.63) is 41.9 Å². The fourth-order valence-corrected chi connectivity index (χ4v) is 2.81. The molecule has 18 heavy (non-hydrogen) atoms. The van der Waals surface area contributed by atoms with Crippen LogP contribution < -0.4 is 5.73 Å². The van der Waals surface area contributed by atoms with E-state index in [0.717, 1.165) is 17.4 Å². The largest absolute Gasteiger partial charge is 0.326 e. The lowest BCUT2D eigenvalue weighted by atomic mass is 10.1. The maximum Gasteiger partial charge on any atom is 0.0689 e. The molecule has 0 fully saturated rings. The molecule has 0 radical (unpaired) electrons. The zero-order valence-electron chi connectivity index (χ0n) is 10.2. The smallest absolute Gasteiger partial charge is 0.0689 e. The molecule has 0 saturated heterocycles. The van der Waals surface area contributed by atoms with Crippen molar-refractivity contribution in [2.75, 3.05) is 0 Å². The third-order valence-electron chi connectivity index (χ3n) is 2.91. The van der Waals surface area contributed by atoms with E-state index in [1.54, 1.807) is 11.3 Å². The first kappa shape index (κ1) is 11.4. The molecule has 2 heterocycles. The van der Waals surface area contributed by atoms with Crippen molar-refractivity contribution < 1.29 is 0 Å². The van der Waals surface area contributed by atoms with Gasteiger partial charge in [-0.05, 0) is 30.0 Å². The van der Waals surface area contributed by atoms with Crippen LogP contribution in [0.5, 0.6) is 0 Å². The van der Waals surface area contributed by atoms with Crippen LogP contribution in [-0.4, -0.2) is 15.8 Å². The molecule has 2 aromatic heterocycles. The summed E-state index contributed by atoms with van der Waals surface area (Å²) in [7, 11) is 0. The van der Waals surface area contributed by atoms with Gasteiger partial charge in [-0.25, -0.2) is 0 Å². The molecule has 3 aromatic rings. The van der Waals surface area contributed by atoms with Gasteiger partial charge >= 0.3 is 0 Å². The molecule has 0 bridgehead atoms. The predicted octanol–water partition coefficient (Wildman–Crippen LogP) is 3.11. The molecule has 0 saturated carbocycles. The van der Waals surface area contributed by atoms with E-state index in [2.05, 4.69) is 40.8 Å². The van der Waals surface area contributed by atoms with Crippen LogP contribution >= 0.6 is 11.3 Å². The number of benzene rings is 1. The normalized spacial score (nSPS) is 13.0. The van der Waals surface area contributed by atoms with E-state index in [9.17, 15) is 0 Å². The Hall–Kier alpha value is -1.65. The third kappa shape index (κ3) is 2.05. The number of hydrogen-bond donors (Lipinski definition) is 1. The van der Waals surface area contributed by atoms with Crippen molar-refractivity contribution >= 4 is 22.2 Å². The van der Waals surface area contributed by atoms with Crippen LogP contribution in [0.15, 0.2) is 41.9 Å². The van der Waals surface area contributed by atoms with Crippen LogP contribution in [0.3, 0.4) is 0 Å². The van der Waals surface area contributed by atoms with Crippen LogP contribution in [0.25, 0.3) is 21.3 Å². The molecular weight excluding hydrogens is 242 g/mol. The summed E-state index contributed by atoms with van der Waals surface area (Å²) in [6, 6.07) is 10.8. The summed E-state index contributed by atoms with van der Waals surface area (Å²) in [5, 5.41) is 7.66. The van der Waals surface area contributed by atoms with Gasteiger partial charge in [0.15, 0.2) is 0 Å². The van der Waals surface area contributed by atoms with E-state index in [-0.39, 0.29) is 6.04 Å². The average Bonchev–Trinajstić information content (AvgIpc) is 2.98. The van der Waals surface area contributed by atoms with E-state index in [1.165, 1.54) is 10.4 Å². The minimum absolute atomic E-state index is 0.110. The molecule has 1 aromatic carbocycles. The maximum atomic E-state index is 5.85. The number of hydrogen-bond acceptors (Lipinski definition) is 3. The van der Waals surface area contributed by atoms with Crippen molar-refractivity contribution in [1.29, 1.82) is 0 Å². The standard InChI is InChI=1S/C14H15N3S/c1-10(15)9-17-13-7-11(14-3-2-6-18-14)4-5-12(13)8-16-17/h2-8,10H,9,15H2,1H3. The summed E-state index contributed by atoms with van der Waals surface area (Å²) in [5.74, 6) is 0. The highest BCUT2D eigenvalue weighted by atomic mass is 32.1. The topological polar surface area (TPSA) is 43.8 Å². The van der Waals surface area contributed by atoms with Gasteiger partial charge in [-0.3, -0.25) is 4.68 Å². The molecule has 0 spiro atoms. The average molecular weight is 257 g/mol. The minimum Gasteiger partial charge on any atom is -0.326 e. The zero-order valence-corrected chi connectivity index (χ0v) is 11.0. The van der Waals surface area contributed by atoms with Gasteiger partial charge in [-0.1, -0.05) is 18.2 Å². The van der Waals surface area contributed by atoms with Crippen molar-refractivity contribution in [2.24, 2.45) is 5.73 Å². The lowest BCUT2D eigenvalue weighted by Crippen LogP contribution is -2.22. The number of nitrogens with two attached hydrogens (primary N) is 1. The fourth-order valence-electron chi connectivity index (χ4n) is 2.08. The zero-order chi connectivity index (χ0) is 12.5. The van der Waals surface area contributed by atoms with Crippen molar-refractivity contribution in [2.45, 2.75) is 19.5 Å². The number of rotatable bonds is 3. The van der Waals surface area contributed by atoms with E-state index in [0.29, 0.717) is 0 Å². The molecule has 2 N–H and O–H groups in total. The summed E-state index contributed by atoms with van der Waals surface area (Å²) >= 11 is 1.75. The van der Waals surface area contributed by atoms with Crippen LogP contribution in [-0.2, 0) is 6.54 Å².